The topological polar surface area (TPSA) is 73.8 Å². The Morgan fingerprint density at radius 1 is 1.22 bits per heavy atom. The molecular weight excluding hydrogens is 295 g/mol. The molecule has 0 unspecified atom stereocenters. The molecule has 4 rings (SSSR count). The van der Waals surface area contributed by atoms with Crippen LogP contribution in [0.25, 0.3) is 16.7 Å². The molecule has 1 aromatic carbocycles. The van der Waals surface area contributed by atoms with Crippen molar-refractivity contribution in [3.8, 4) is 5.69 Å². The fourth-order valence-corrected chi connectivity index (χ4v) is 2.83. The van der Waals surface area contributed by atoms with Crippen molar-refractivity contribution in [3.63, 3.8) is 0 Å². The lowest BCUT2D eigenvalue weighted by molar-refractivity contribution is 0.626. The molecule has 2 N–H and O–H groups in total. The molecular formula is C17H15FN4O. The Morgan fingerprint density at radius 2 is 2.00 bits per heavy atom. The lowest BCUT2D eigenvalue weighted by atomic mass is 10.1. The third-order valence-corrected chi connectivity index (χ3v) is 4.19. The number of aromatic nitrogens is 3. The highest BCUT2D eigenvalue weighted by Crippen LogP contribution is 2.39. The average Bonchev–Trinajstić information content (AvgIpc) is 3.33. The first kappa shape index (κ1) is 13.9. The first-order chi connectivity index (χ1) is 11.0. The first-order valence-corrected chi connectivity index (χ1v) is 7.50. The van der Waals surface area contributed by atoms with E-state index in [1.165, 1.54) is 16.7 Å². The molecule has 0 spiro atoms. The maximum atomic E-state index is 13.4. The van der Waals surface area contributed by atoms with E-state index in [2.05, 4.69) is 9.97 Å². The van der Waals surface area contributed by atoms with Gasteiger partial charge in [-0.2, -0.15) is 4.98 Å². The number of nitrogens with two attached hydrogens (primary N) is 1. The maximum absolute atomic E-state index is 13.4. The monoisotopic (exact) mass is 310 g/mol. The standard InChI is InChI=1S/C17H15FN4O/c1-9-8-11(18)4-7-14(9)22-16-12(15(19)21-17(22)23)5-6-13(20-16)10-2-3-10/h4-8,10H,2-3H2,1H3,(H2,19,21,23). The summed E-state index contributed by atoms with van der Waals surface area (Å²) in [4.78, 5) is 21.0. The molecule has 1 aliphatic carbocycles. The number of nitrogens with zero attached hydrogens (tertiary/aromatic N) is 3. The lowest BCUT2D eigenvalue weighted by Crippen LogP contribution is -2.24. The van der Waals surface area contributed by atoms with Crippen molar-refractivity contribution in [2.75, 3.05) is 5.73 Å². The zero-order valence-corrected chi connectivity index (χ0v) is 12.6. The largest absolute Gasteiger partial charge is 0.383 e. The predicted octanol–water partition coefficient (Wildman–Crippen LogP) is 2.69. The summed E-state index contributed by atoms with van der Waals surface area (Å²) >= 11 is 0. The van der Waals surface area contributed by atoms with Crippen LogP contribution in [0.1, 0.15) is 30.0 Å². The van der Waals surface area contributed by atoms with Crippen LogP contribution in [0.5, 0.6) is 0 Å². The van der Waals surface area contributed by atoms with Crippen LogP contribution in [-0.4, -0.2) is 14.5 Å². The van der Waals surface area contributed by atoms with Crippen LogP contribution >= 0.6 is 0 Å². The van der Waals surface area contributed by atoms with Gasteiger partial charge in [0, 0.05) is 11.6 Å². The van der Waals surface area contributed by atoms with Crippen LogP contribution in [0.2, 0.25) is 0 Å². The maximum Gasteiger partial charge on any atom is 0.355 e. The van der Waals surface area contributed by atoms with Crippen molar-refractivity contribution in [3.05, 3.63) is 57.9 Å². The van der Waals surface area contributed by atoms with Crippen LogP contribution < -0.4 is 11.4 Å². The molecule has 3 aromatic rings. The number of benzene rings is 1. The summed E-state index contributed by atoms with van der Waals surface area (Å²) in [6.07, 6.45) is 2.22. The molecule has 2 aromatic heterocycles. The van der Waals surface area contributed by atoms with Crippen molar-refractivity contribution < 1.29 is 4.39 Å². The van der Waals surface area contributed by atoms with Gasteiger partial charge in [-0.1, -0.05) is 0 Å². The van der Waals surface area contributed by atoms with Crippen molar-refractivity contribution in [2.24, 2.45) is 0 Å². The normalized spacial score (nSPS) is 14.3. The van der Waals surface area contributed by atoms with Gasteiger partial charge in [0.1, 0.15) is 11.6 Å². The number of hydrogen-bond donors (Lipinski definition) is 1. The second kappa shape index (κ2) is 4.87. The Bertz CT molecular complexity index is 992. The molecule has 0 amide bonds. The Labute approximate surface area is 131 Å². The highest BCUT2D eigenvalue weighted by molar-refractivity contribution is 5.86. The second-order valence-corrected chi connectivity index (χ2v) is 5.93. The number of halogens is 1. The van der Waals surface area contributed by atoms with Gasteiger partial charge in [-0.05, 0) is 55.7 Å². The SMILES string of the molecule is Cc1cc(F)ccc1-n1c(=O)nc(N)c2ccc(C3CC3)nc21. The third-order valence-electron chi connectivity index (χ3n) is 4.19. The first-order valence-electron chi connectivity index (χ1n) is 7.50. The van der Waals surface area contributed by atoms with Crippen molar-refractivity contribution in [2.45, 2.75) is 25.7 Å². The van der Waals surface area contributed by atoms with E-state index in [-0.39, 0.29) is 11.6 Å². The fraction of sp³-hybridized carbons (Fsp3) is 0.235. The van der Waals surface area contributed by atoms with E-state index < -0.39 is 5.69 Å². The van der Waals surface area contributed by atoms with E-state index in [0.717, 1.165) is 18.5 Å². The minimum atomic E-state index is -0.509. The molecule has 0 saturated heterocycles. The summed E-state index contributed by atoms with van der Waals surface area (Å²) in [5, 5.41) is 0.623. The summed E-state index contributed by atoms with van der Waals surface area (Å²) in [5.74, 6) is 0.265. The van der Waals surface area contributed by atoms with Gasteiger partial charge in [-0.15, -0.1) is 0 Å². The molecule has 0 radical (unpaired) electrons. The minimum absolute atomic E-state index is 0.163. The van der Waals surface area contributed by atoms with Gasteiger partial charge in [0.25, 0.3) is 0 Å². The molecule has 23 heavy (non-hydrogen) atoms. The van der Waals surface area contributed by atoms with Gasteiger partial charge < -0.3 is 5.73 Å². The van der Waals surface area contributed by atoms with Crippen molar-refractivity contribution in [1.82, 2.24) is 14.5 Å². The predicted molar refractivity (Wildman–Crippen MR) is 86.2 cm³/mol. The Kier molecular flexibility index (Phi) is 2.94. The molecule has 0 aliphatic heterocycles. The van der Waals surface area contributed by atoms with Gasteiger partial charge in [0.15, 0.2) is 5.65 Å². The molecule has 0 atom stereocenters. The van der Waals surface area contributed by atoms with Gasteiger partial charge in [-0.25, -0.2) is 18.7 Å². The van der Waals surface area contributed by atoms with E-state index in [1.807, 2.05) is 12.1 Å². The Hall–Kier alpha value is -2.76. The summed E-state index contributed by atoms with van der Waals surface area (Å²) in [6, 6.07) is 8.06. The Morgan fingerprint density at radius 3 is 2.70 bits per heavy atom. The fourth-order valence-electron chi connectivity index (χ4n) is 2.83. The van der Waals surface area contributed by atoms with Crippen LogP contribution in [0.3, 0.4) is 0 Å². The molecule has 6 heteroatoms. The van der Waals surface area contributed by atoms with Crippen LogP contribution in [-0.2, 0) is 0 Å². The van der Waals surface area contributed by atoms with Gasteiger partial charge in [0.2, 0.25) is 0 Å². The highest BCUT2D eigenvalue weighted by atomic mass is 19.1. The third kappa shape index (κ3) is 2.27. The lowest BCUT2D eigenvalue weighted by Gasteiger charge is -2.13. The molecule has 0 bridgehead atoms. The van der Waals surface area contributed by atoms with Gasteiger partial charge in [0.05, 0.1) is 11.1 Å². The summed E-state index contributed by atoms with van der Waals surface area (Å²) < 4.78 is 14.8. The van der Waals surface area contributed by atoms with E-state index in [1.54, 1.807) is 13.0 Å². The minimum Gasteiger partial charge on any atom is -0.383 e. The summed E-state index contributed by atoms with van der Waals surface area (Å²) in [5.41, 5.74) is 8.00. The zero-order chi connectivity index (χ0) is 16.1. The highest BCUT2D eigenvalue weighted by Gasteiger charge is 2.26. The summed E-state index contributed by atoms with van der Waals surface area (Å²) in [6.45, 7) is 1.75. The number of pyridine rings is 1. The van der Waals surface area contributed by atoms with E-state index in [9.17, 15) is 9.18 Å². The number of anilines is 1. The van der Waals surface area contributed by atoms with E-state index in [4.69, 9.17) is 5.73 Å². The molecule has 2 heterocycles. The molecule has 116 valence electrons. The van der Waals surface area contributed by atoms with Crippen LogP contribution in [0, 0.1) is 12.7 Å². The quantitative estimate of drug-likeness (QED) is 0.790. The van der Waals surface area contributed by atoms with Gasteiger partial charge in [-0.3, -0.25) is 0 Å². The molecule has 1 saturated carbocycles. The van der Waals surface area contributed by atoms with Crippen molar-refractivity contribution >= 4 is 16.9 Å². The average molecular weight is 310 g/mol. The zero-order valence-electron chi connectivity index (χ0n) is 12.6. The number of hydrogen-bond acceptors (Lipinski definition) is 4. The van der Waals surface area contributed by atoms with Crippen LogP contribution in [0.15, 0.2) is 35.1 Å². The van der Waals surface area contributed by atoms with Gasteiger partial charge >= 0.3 is 5.69 Å². The molecule has 5 nitrogen and oxygen atoms in total. The van der Waals surface area contributed by atoms with Crippen molar-refractivity contribution in [1.29, 1.82) is 0 Å². The number of aryl methyl sites for hydroxylation is 1. The number of fused-ring (bicyclic) bond motifs is 1. The van der Waals surface area contributed by atoms with Crippen LogP contribution in [0.4, 0.5) is 10.2 Å². The number of nitrogen functional groups attached to an aromatic ring is 1. The van der Waals surface area contributed by atoms with E-state index >= 15 is 0 Å². The summed E-state index contributed by atoms with van der Waals surface area (Å²) in [7, 11) is 0. The molecule has 1 fully saturated rings. The Balaban J connectivity index is 2.08. The second-order valence-electron chi connectivity index (χ2n) is 5.93. The number of rotatable bonds is 2. The molecule has 1 aliphatic rings. The van der Waals surface area contributed by atoms with E-state index in [0.29, 0.717) is 28.2 Å². The smallest absolute Gasteiger partial charge is 0.355 e.